The molecule has 0 saturated heterocycles. The van der Waals surface area contributed by atoms with E-state index in [1.54, 1.807) is 11.1 Å². The summed E-state index contributed by atoms with van der Waals surface area (Å²) in [6.45, 7) is 0. The van der Waals surface area contributed by atoms with E-state index in [9.17, 15) is 10.1 Å². The highest BCUT2D eigenvalue weighted by atomic mass is 79.9. The van der Waals surface area contributed by atoms with Crippen LogP contribution in [0.3, 0.4) is 0 Å². The molecule has 0 fully saturated rings. The summed E-state index contributed by atoms with van der Waals surface area (Å²) in [5.74, 6) is 0.534. The molecular formula is C23H18BrN5O. The van der Waals surface area contributed by atoms with Crippen LogP contribution in [0.2, 0.25) is 0 Å². The van der Waals surface area contributed by atoms with Crippen LogP contribution in [0.15, 0.2) is 75.9 Å². The Morgan fingerprint density at radius 2 is 2.10 bits per heavy atom. The molecule has 0 radical (unpaired) electrons. The molecule has 0 spiro atoms. The van der Waals surface area contributed by atoms with Gasteiger partial charge in [0.05, 0.1) is 17.6 Å². The predicted octanol–water partition coefficient (Wildman–Crippen LogP) is 4.63. The molecule has 5 rings (SSSR count). The van der Waals surface area contributed by atoms with Gasteiger partial charge in [0.25, 0.3) is 0 Å². The number of aromatic amines is 1. The molecule has 2 aliphatic rings. The van der Waals surface area contributed by atoms with Gasteiger partial charge < -0.3 is 10.7 Å². The predicted molar refractivity (Wildman–Crippen MR) is 118 cm³/mol. The summed E-state index contributed by atoms with van der Waals surface area (Å²) in [4.78, 5) is 22.6. The number of aromatic nitrogens is 2. The first-order valence-corrected chi connectivity index (χ1v) is 10.5. The summed E-state index contributed by atoms with van der Waals surface area (Å²) >= 11 is 3.40. The van der Waals surface area contributed by atoms with Gasteiger partial charge in [0.15, 0.2) is 5.78 Å². The maximum Gasteiger partial charge on any atom is 0.161 e. The van der Waals surface area contributed by atoms with Crippen molar-refractivity contribution >= 4 is 38.4 Å². The van der Waals surface area contributed by atoms with Gasteiger partial charge in [0.2, 0.25) is 0 Å². The Kier molecular flexibility index (Phi) is 4.44. The standard InChI is InChI=1S/C23H18BrN5O/c24-15-5-7-20(28-12-15)29-18-2-1-3-19(30)22(18)21(16(11-25)23(29)26)14-4-6-17-13(10-14)8-9-27-17/h4-10,12,21,27H,1-3,26H2/t21-/m1/s1. The van der Waals surface area contributed by atoms with Crippen molar-refractivity contribution < 1.29 is 4.79 Å². The lowest BCUT2D eigenvalue weighted by Gasteiger charge is -2.39. The molecule has 3 aromatic rings. The van der Waals surface area contributed by atoms with Gasteiger partial charge in [0, 0.05) is 40.1 Å². The van der Waals surface area contributed by atoms with Gasteiger partial charge in [-0.2, -0.15) is 5.26 Å². The number of nitriles is 1. The number of carbonyl (C=O) groups is 1. The summed E-state index contributed by atoms with van der Waals surface area (Å²) in [6, 6.07) is 14.0. The molecule has 3 N–H and O–H groups in total. The molecule has 3 heterocycles. The summed E-state index contributed by atoms with van der Waals surface area (Å²) in [5, 5.41) is 11.1. The number of hydrogen-bond acceptors (Lipinski definition) is 5. The number of H-pyrrole nitrogens is 1. The van der Waals surface area contributed by atoms with Crippen molar-refractivity contribution in [2.75, 3.05) is 4.90 Å². The van der Waals surface area contributed by atoms with Gasteiger partial charge >= 0.3 is 0 Å². The average molecular weight is 460 g/mol. The summed E-state index contributed by atoms with van der Waals surface area (Å²) in [6.07, 6.45) is 5.50. The summed E-state index contributed by atoms with van der Waals surface area (Å²) < 4.78 is 0.845. The second-order valence-electron chi connectivity index (χ2n) is 7.48. The van der Waals surface area contributed by atoms with Crippen molar-refractivity contribution in [3.8, 4) is 6.07 Å². The molecule has 1 aliphatic carbocycles. The van der Waals surface area contributed by atoms with Gasteiger partial charge in [-0.1, -0.05) is 6.07 Å². The number of carbonyl (C=O) groups excluding carboxylic acids is 1. The zero-order chi connectivity index (χ0) is 20.8. The maximum atomic E-state index is 13.1. The number of pyridine rings is 1. The molecule has 0 amide bonds. The third-order valence-electron chi connectivity index (χ3n) is 5.76. The second kappa shape index (κ2) is 7.15. The lowest BCUT2D eigenvalue weighted by Crippen LogP contribution is -2.39. The molecular weight excluding hydrogens is 442 g/mol. The van der Waals surface area contributed by atoms with Gasteiger partial charge in [-0.3, -0.25) is 9.69 Å². The van der Waals surface area contributed by atoms with Crippen molar-refractivity contribution in [3.05, 3.63) is 81.5 Å². The van der Waals surface area contributed by atoms with E-state index in [2.05, 4.69) is 32.0 Å². The van der Waals surface area contributed by atoms with E-state index in [0.717, 1.165) is 33.1 Å². The smallest absolute Gasteiger partial charge is 0.161 e. The van der Waals surface area contributed by atoms with Gasteiger partial charge in [-0.15, -0.1) is 0 Å². The van der Waals surface area contributed by atoms with E-state index in [1.165, 1.54) is 0 Å². The van der Waals surface area contributed by atoms with Crippen LogP contribution >= 0.6 is 15.9 Å². The van der Waals surface area contributed by atoms with E-state index >= 15 is 0 Å². The number of hydrogen-bond donors (Lipinski definition) is 2. The number of benzene rings is 1. The number of nitrogens with two attached hydrogens (primary N) is 1. The maximum absolute atomic E-state index is 13.1. The Hall–Kier alpha value is -3.37. The average Bonchev–Trinajstić information content (AvgIpc) is 3.22. The van der Waals surface area contributed by atoms with Crippen molar-refractivity contribution in [1.29, 1.82) is 5.26 Å². The highest BCUT2D eigenvalue weighted by molar-refractivity contribution is 9.10. The van der Waals surface area contributed by atoms with Crippen LogP contribution in [-0.2, 0) is 4.79 Å². The van der Waals surface area contributed by atoms with E-state index in [0.29, 0.717) is 35.6 Å². The minimum Gasteiger partial charge on any atom is -0.384 e. The third kappa shape index (κ3) is 2.84. The fraction of sp³-hybridized carbons (Fsp3) is 0.174. The lowest BCUT2D eigenvalue weighted by molar-refractivity contribution is -0.116. The Bertz CT molecular complexity index is 1280. The van der Waals surface area contributed by atoms with Crippen LogP contribution in [0.4, 0.5) is 5.82 Å². The largest absolute Gasteiger partial charge is 0.384 e. The molecule has 30 heavy (non-hydrogen) atoms. The Morgan fingerprint density at radius 3 is 2.87 bits per heavy atom. The van der Waals surface area contributed by atoms with Crippen LogP contribution in [0.1, 0.15) is 30.7 Å². The van der Waals surface area contributed by atoms with Crippen molar-refractivity contribution in [3.63, 3.8) is 0 Å². The number of anilines is 1. The molecule has 6 nitrogen and oxygen atoms in total. The molecule has 2 aromatic heterocycles. The molecule has 1 aromatic carbocycles. The van der Waals surface area contributed by atoms with Crippen LogP contribution in [-0.4, -0.2) is 15.8 Å². The van der Waals surface area contributed by atoms with Crippen LogP contribution < -0.4 is 10.6 Å². The number of nitrogens with one attached hydrogen (secondary N) is 1. The van der Waals surface area contributed by atoms with Crippen molar-refractivity contribution in [2.45, 2.75) is 25.2 Å². The molecule has 1 atom stereocenters. The number of allylic oxidation sites excluding steroid dienone is 3. The zero-order valence-corrected chi connectivity index (χ0v) is 17.6. The molecule has 148 valence electrons. The fourth-order valence-corrected chi connectivity index (χ4v) is 4.67. The summed E-state index contributed by atoms with van der Waals surface area (Å²) in [5.41, 5.74) is 10.3. The quantitative estimate of drug-likeness (QED) is 0.581. The molecule has 0 bridgehead atoms. The highest BCUT2D eigenvalue weighted by Crippen LogP contribution is 2.46. The monoisotopic (exact) mass is 459 g/mol. The fourth-order valence-electron chi connectivity index (χ4n) is 4.43. The first-order chi connectivity index (χ1) is 14.6. The molecule has 0 saturated carbocycles. The van der Waals surface area contributed by atoms with Gasteiger partial charge in [-0.25, -0.2) is 4.98 Å². The lowest BCUT2D eigenvalue weighted by atomic mass is 9.75. The highest BCUT2D eigenvalue weighted by Gasteiger charge is 2.40. The summed E-state index contributed by atoms with van der Waals surface area (Å²) in [7, 11) is 0. The van der Waals surface area contributed by atoms with E-state index in [-0.39, 0.29) is 5.78 Å². The zero-order valence-electron chi connectivity index (χ0n) is 16.0. The topological polar surface area (TPSA) is 98.8 Å². The Morgan fingerprint density at radius 1 is 1.23 bits per heavy atom. The first kappa shape index (κ1) is 18.6. The molecule has 1 aliphatic heterocycles. The van der Waals surface area contributed by atoms with Crippen molar-refractivity contribution in [2.24, 2.45) is 5.73 Å². The minimum absolute atomic E-state index is 0.0674. The number of fused-ring (bicyclic) bond motifs is 1. The SMILES string of the molecule is N#CC1=C(N)N(c2ccc(Br)cn2)C2=C(C(=O)CCC2)[C@@H]1c1ccc2[nH]ccc2c1. The van der Waals surface area contributed by atoms with E-state index in [4.69, 9.17) is 5.73 Å². The first-order valence-electron chi connectivity index (χ1n) is 9.73. The van der Waals surface area contributed by atoms with Crippen molar-refractivity contribution in [1.82, 2.24) is 9.97 Å². The Labute approximate surface area is 181 Å². The van der Waals surface area contributed by atoms with Gasteiger partial charge in [0.1, 0.15) is 11.6 Å². The minimum atomic E-state index is -0.469. The molecule has 0 unspecified atom stereocenters. The van der Waals surface area contributed by atoms with E-state index < -0.39 is 5.92 Å². The normalized spacial score (nSPS) is 19.3. The molecule has 7 heteroatoms. The van der Waals surface area contributed by atoms with E-state index in [1.807, 2.05) is 42.6 Å². The number of rotatable bonds is 2. The Balaban J connectivity index is 1.75. The second-order valence-corrected chi connectivity index (χ2v) is 8.39. The number of nitrogens with zero attached hydrogens (tertiary/aromatic N) is 3. The van der Waals surface area contributed by atoms with Crippen LogP contribution in [0.25, 0.3) is 10.9 Å². The third-order valence-corrected chi connectivity index (χ3v) is 6.23. The number of halogens is 1. The number of ketones is 1. The van der Waals surface area contributed by atoms with Gasteiger partial charge in [-0.05, 0) is 70.1 Å². The van der Waals surface area contributed by atoms with Crippen LogP contribution in [0, 0.1) is 11.3 Å². The number of Topliss-reactive ketones (excluding diaryl/α,β-unsaturated/α-hetero) is 1. The van der Waals surface area contributed by atoms with Crippen LogP contribution in [0.5, 0.6) is 0 Å².